The zero-order valence-electron chi connectivity index (χ0n) is 14.1. The number of halogens is 2. The van der Waals surface area contributed by atoms with Crippen molar-refractivity contribution in [2.24, 2.45) is 0 Å². The molecule has 0 saturated carbocycles. The molecule has 0 unspecified atom stereocenters. The van der Waals surface area contributed by atoms with Crippen molar-refractivity contribution in [2.45, 2.75) is 6.04 Å². The molecular formula is C21H15BrClN3O. The molecule has 1 atom stereocenters. The van der Waals surface area contributed by atoms with Gasteiger partial charge in [-0.25, -0.2) is 4.98 Å². The van der Waals surface area contributed by atoms with Gasteiger partial charge >= 0.3 is 0 Å². The minimum absolute atomic E-state index is 0.100. The highest BCUT2D eigenvalue weighted by Gasteiger charge is 2.22. The summed E-state index contributed by atoms with van der Waals surface area (Å²) in [6.07, 6.45) is 3.36. The average molecular weight is 441 g/mol. The van der Waals surface area contributed by atoms with Crippen LogP contribution in [0, 0.1) is 0 Å². The summed E-state index contributed by atoms with van der Waals surface area (Å²) in [5, 5.41) is 15.6. The van der Waals surface area contributed by atoms with Crippen LogP contribution in [0.15, 0.2) is 77.5 Å². The number of phenolic OH excluding ortho intramolecular Hbond substituents is 1. The second-order valence-corrected chi connectivity index (χ2v) is 7.37. The lowest BCUT2D eigenvalue weighted by atomic mass is 9.96. The SMILES string of the molecule is Oc1c([C@@H](Nc2ccccn2)c2cccc(Br)c2)cc(Cl)c2cccnc12. The minimum Gasteiger partial charge on any atom is -0.505 e. The molecule has 4 rings (SSSR count). The molecule has 4 aromatic rings. The first-order valence-electron chi connectivity index (χ1n) is 8.32. The molecule has 134 valence electrons. The largest absolute Gasteiger partial charge is 0.505 e. The van der Waals surface area contributed by atoms with Gasteiger partial charge in [0.1, 0.15) is 17.1 Å². The van der Waals surface area contributed by atoms with E-state index >= 15 is 0 Å². The third-order valence-corrected chi connectivity index (χ3v) is 5.10. The van der Waals surface area contributed by atoms with Gasteiger partial charge in [0.05, 0.1) is 11.1 Å². The Labute approximate surface area is 170 Å². The van der Waals surface area contributed by atoms with Crippen LogP contribution in [0.2, 0.25) is 5.02 Å². The molecule has 6 heteroatoms. The summed E-state index contributed by atoms with van der Waals surface area (Å²) >= 11 is 10.0. The molecule has 0 aliphatic carbocycles. The molecular weight excluding hydrogens is 426 g/mol. The quantitative estimate of drug-likeness (QED) is 0.411. The maximum atomic E-state index is 11.0. The van der Waals surface area contributed by atoms with E-state index in [-0.39, 0.29) is 11.8 Å². The van der Waals surface area contributed by atoms with Crippen molar-refractivity contribution in [2.75, 3.05) is 5.32 Å². The van der Waals surface area contributed by atoms with Crippen LogP contribution in [0.3, 0.4) is 0 Å². The molecule has 0 radical (unpaired) electrons. The molecule has 4 nitrogen and oxygen atoms in total. The maximum absolute atomic E-state index is 11.0. The topological polar surface area (TPSA) is 58.0 Å². The smallest absolute Gasteiger partial charge is 0.147 e. The van der Waals surface area contributed by atoms with Crippen molar-refractivity contribution in [1.82, 2.24) is 9.97 Å². The second kappa shape index (κ2) is 7.55. The summed E-state index contributed by atoms with van der Waals surface area (Å²) in [6.45, 7) is 0. The highest BCUT2D eigenvalue weighted by atomic mass is 79.9. The van der Waals surface area contributed by atoms with Gasteiger partial charge in [0, 0.05) is 27.8 Å². The van der Waals surface area contributed by atoms with Gasteiger partial charge in [-0.05, 0) is 48.0 Å². The van der Waals surface area contributed by atoms with E-state index in [9.17, 15) is 5.11 Å². The van der Waals surface area contributed by atoms with Crippen LogP contribution in [0.1, 0.15) is 17.2 Å². The van der Waals surface area contributed by atoms with Crippen LogP contribution >= 0.6 is 27.5 Å². The second-order valence-electron chi connectivity index (χ2n) is 6.04. The van der Waals surface area contributed by atoms with Crippen LogP contribution in [0.4, 0.5) is 5.82 Å². The number of hydrogen-bond donors (Lipinski definition) is 2. The van der Waals surface area contributed by atoms with E-state index in [1.807, 2.05) is 48.5 Å². The van der Waals surface area contributed by atoms with E-state index < -0.39 is 0 Å². The molecule has 0 bridgehead atoms. The average Bonchev–Trinajstić information content (AvgIpc) is 2.70. The molecule has 0 fully saturated rings. The predicted octanol–water partition coefficient (Wildman–Crippen LogP) is 5.95. The third kappa shape index (κ3) is 3.61. The number of fused-ring (bicyclic) bond motifs is 1. The number of anilines is 1. The molecule has 0 amide bonds. The van der Waals surface area contributed by atoms with E-state index in [1.165, 1.54) is 0 Å². The highest BCUT2D eigenvalue weighted by molar-refractivity contribution is 9.10. The monoisotopic (exact) mass is 439 g/mol. The minimum atomic E-state index is -0.360. The number of benzene rings is 2. The summed E-state index contributed by atoms with van der Waals surface area (Å²) in [4.78, 5) is 8.67. The Hall–Kier alpha value is -2.63. The lowest BCUT2D eigenvalue weighted by molar-refractivity contribution is 0.471. The number of phenols is 1. The van der Waals surface area contributed by atoms with Crippen molar-refractivity contribution in [3.63, 3.8) is 0 Å². The lowest BCUT2D eigenvalue weighted by Crippen LogP contribution is -2.14. The molecule has 0 aliphatic heterocycles. The highest BCUT2D eigenvalue weighted by Crippen LogP contribution is 2.39. The van der Waals surface area contributed by atoms with Crippen LogP contribution in [0.5, 0.6) is 5.75 Å². The molecule has 27 heavy (non-hydrogen) atoms. The van der Waals surface area contributed by atoms with Crippen molar-refractivity contribution in [1.29, 1.82) is 0 Å². The summed E-state index contributed by atoms with van der Waals surface area (Å²) in [5.41, 5.74) is 2.06. The number of nitrogens with zero attached hydrogens (tertiary/aromatic N) is 2. The number of hydrogen-bond acceptors (Lipinski definition) is 4. The van der Waals surface area contributed by atoms with Gasteiger partial charge in [-0.1, -0.05) is 45.7 Å². The summed E-state index contributed by atoms with van der Waals surface area (Å²) in [6, 6.07) is 18.6. The fourth-order valence-electron chi connectivity index (χ4n) is 3.05. The lowest BCUT2D eigenvalue weighted by Gasteiger charge is -2.22. The van der Waals surface area contributed by atoms with Crippen molar-refractivity contribution < 1.29 is 5.11 Å². The van der Waals surface area contributed by atoms with Gasteiger partial charge in [-0.15, -0.1) is 0 Å². The molecule has 2 heterocycles. The van der Waals surface area contributed by atoms with Gasteiger partial charge in [0.15, 0.2) is 0 Å². The number of aromatic nitrogens is 2. The van der Waals surface area contributed by atoms with E-state index in [0.29, 0.717) is 27.3 Å². The Morgan fingerprint density at radius 3 is 2.59 bits per heavy atom. The first-order chi connectivity index (χ1) is 13.1. The molecule has 0 aliphatic rings. The molecule has 0 spiro atoms. The number of pyridine rings is 2. The Morgan fingerprint density at radius 2 is 1.81 bits per heavy atom. The van der Waals surface area contributed by atoms with Crippen LogP contribution in [0.25, 0.3) is 10.9 Å². The fourth-order valence-corrected chi connectivity index (χ4v) is 3.74. The van der Waals surface area contributed by atoms with Crippen molar-refractivity contribution in [3.05, 3.63) is 93.7 Å². The number of aromatic hydroxyl groups is 1. The standard InChI is InChI=1S/C21H15BrClN3O/c22-14-6-3-5-13(11-14)19(26-18-8-1-2-9-24-18)16-12-17(23)15-7-4-10-25-20(15)21(16)27/h1-12,19,27H,(H,24,26)/t19-/m0/s1. The zero-order chi connectivity index (χ0) is 18.8. The van der Waals surface area contributed by atoms with Gasteiger partial charge < -0.3 is 10.4 Å². The Morgan fingerprint density at radius 1 is 0.963 bits per heavy atom. The predicted molar refractivity (Wildman–Crippen MR) is 112 cm³/mol. The maximum Gasteiger partial charge on any atom is 0.147 e. The third-order valence-electron chi connectivity index (χ3n) is 4.30. The molecule has 0 saturated heterocycles. The van der Waals surface area contributed by atoms with Gasteiger partial charge in [0.25, 0.3) is 0 Å². The number of nitrogens with one attached hydrogen (secondary N) is 1. The zero-order valence-corrected chi connectivity index (χ0v) is 16.4. The molecule has 2 aromatic heterocycles. The summed E-state index contributed by atoms with van der Waals surface area (Å²) in [7, 11) is 0. The summed E-state index contributed by atoms with van der Waals surface area (Å²) < 4.78 is 0.942. The first-order valence-corrected chi connectivity index (χ1v) is 9.49. The normalized spacial score (nSPS) is 12.1. The summed E-state index contributed by atoms with van der Waals surface area (Å²) in [5.74, 6) is 0.794. The van der Waals surface area contributed by atoms with Crippen LogP contribution in [-0.4, -0.2) is 15.1 Å². The van der Waals surface area contributed by atoms with E-state index in [0.717, 1.165) is 10.0 Å². The van der Waals surface area contributed by atoms with Crippen molar-refractivity contribution in [3.8, 4) is 5.75 Å². The first kappa shape index (κ1) is 17.8. The van der Waals surface area contributed by atoms with Gasteiger partial charge in [-0.2, -0.15) is 0 Å². The van der Waals surface area contributed by atoms with Crippen LogP contribution in [-0.2, 0) is 0 Å². The Balaban J connectivity index is 1.91. The van der Waals surface area contributed by atoms with E-state index in [2.05, 4.69) is 31.2 Å². The number of rotatable bonds is 4. The van der Waals surface area contributed by atoms with Gasteiger partial charge in [-0.3, -0.25) is 4.98 Å². The Bertz CT molecular complexity index is 1110. The molecule has 2 N–H and O–H groups in total. The van der Waals surface area contributed by atoms with E-state index in [4.69, 9.17) is 11.6 Å². The van der Waals surface area contributed by atoms with E-state index in [1.54, 1.807) is 24.5 Å². The Kier molecular flexibility index (Phi) is 4.97. The van der Waals surface area contributed by atoms with Crippen molar-refractivity contribution >= 4 is 44.3 Å². The van der Waals surface area contributed by atoms with Crippen LogP contribution < -0.4 is 5.32 Å². The fraction of sp³-hybridized carbons (Fsp3) is 0.0476. The van der Waals surface area contributed by atoms with Gasteiger partial charge in [0.2, 0.25) is 0 Å². The molecule has 2 aromatic carbocycles.